The fourth-order valence-electron chi connectivity index (χ4n) is 3.16. The summed E-state index contributed by atoms with van der Waals surface area (Å²) >= 11 is 1.33. The Balaban J connectivity index is 1.49. The summed E-state index contributed by atoms with van der Waals surface area (Å²) in [5, 5.41) is 16.8. The van der Waals surface area contributed by atoms with Gasteiger partial charge in [0.25, 0.3) is 0 Å². The van der Waals surface area contributed by atoms with E-state index in [4.69, 9.17) is 4.74 Å². The molecule has 1 amide bonds. The van der Waals surface area contributed by atoms with E-state index in [9.17, 15) is 4.79 Å². The monoisotopic (exact) mass is 434 g/mol. The van der Waals surface area contributed by atoms with Crippen LogP contribution in [0, 0.1) is 0 Å². The molecule has 0 spiro atoms. The van der Waals surface area contributed by atoms with E-state index in [1.54, 1.807) is 17.9 Å². The topological polar surface area (TPSA) is 86.9 Å². The Kier molecular flexibility index (Phi) is 6.03. The number of anilines is 1. The summed E-state index contributed by atoms with van der Waals surface area (Å²) in [6, 6.07) is 17.2. The summed E-state index contributed by atoms with van der Waals surface area (Å²) in [6.45, 7) is 0. The number of nitrogens with one attached hydrogen (secondary N) is 1. The molecule has 0 radical (unpaired) electrons. The van der Waals surface area contributed by atoms with E-state index >= 15 is 0 Å². The van der Waals surface area contributed by atoms with Crippen LogP contribution in [-0.2, 0) is 18.9 Å². The van der Waals surface area contributed by atoms with Gasteiger partial charge in [0, 0.05) is 37.6 Å². The van der Waals surface area contributed by atoms with Crippen LogP contribution in [0.4, 0.5) is 5.69 Å². The van der Waals surface area contributed by atoms with E-state index < -0.39 is 0 Å². The van der Waals surface area contributed by atoms with Crippen molar-refractivity contribution in [2.45, 2.75) is 5.16 Å². The zero-order chi connectivity index (χ0) is 21.8. The third kappa shape index (κ3) is 4.61. The second-order valence-electron chi connectivity index (χ2n) is 6.87. The van der Waals surface area contributed by atoms with Crippen molar-refractivity contribution in [1.29, 1.82) is 0 Å². The molecule has 158 valence electrons. The molecule has 0 saturated heterocycles. The predicted octanol–water partition coefficient (Wildman–Crippen LogP) is 3.62. The van der Waals surface area contributed by atoms with Crippen molar-refractivity contribution >= 4 is 23.4 Å². The van der Waals surface area contributed by atoms with Crippen LogP contribution in [-0.4, -0.2) is 43.3 Å². The summed E-state index contributed by atoms with van der Waals surface area (Å²) in [5.41, 5.74) is 3.42. The molecular formula is C22H22N6O2S. The van der Waals surface area contributed by atoms with Gasteiger partial charge in [-0.1, -0.05) is 48.2 Å². The lowest BCUT2D eigenvalue weighted by atomic mass is 10.1. The van der Waals surface area contributed by atoms with Gasteiger partial charge >= 0.3 is 0 Å². The zero-order valence-corrected chi connectivity index (χ0v) is 18.3. The quantitative estimate of drug-likeness (QED) is 0.447. The minimum absolute atomic E-state index is 0.130. The lowest BCUT2D eigenvalue weighted by Crippen LogP contribution is -2.14. The molecule has 2 heterocycles. The van der Waals surface area contributed by atoms with E-state index in [1.165, 1.54) is 11.8 Å². The van der Waals surface area contributed by atoms with Gasteiger partial charge in [0.1, 0.15) is 11.4 Å². The third-order valence-corrected chi connectivity index (χ3v) is 5.66. The van der Waals surface area contributed by atoms with Crippen LogP contribution in [0.1, 0.15) is 0 Å². The number of hydrogen-bond donors (Lipinski definition) is 1. The number of methoxy groups -OCH3 is 1. The first-order valence-electron chi connectivity index (χ1n) is 9.60. The molecule has 0 aliphatic carbocycles. The van der Waals surface area contributed by atoms with Crippen molar-refractivity contribution < 1.29 is 9.53 Å². The SMILES string of the molecule is COc1cccc(NC(=O)CSc2nnc(-c3cn(C)nc3-c3ccccc3)n2C)c1. The van der Waals surface area contributed by atoms with E-state index in [1.807, 2.05) is 73.4 Å². The van der Waals surface area contributed by atoms with Gasteiger partial charge in [-0.15, -0.1) is 10.2 Å². The number of carbonyl (C=O) groups excluding carboxylic acids is 1. The first kappa shape index (κ1) is 20.7. The minimum Gasteiger partial charge on any atom is -0.497 e. The van der Waals surface area contributed by atoms with Crippen molar-refractivity contribution in [3.05, 3.63) is 60.8 Å². The van der Waals surface area contributed by atoms with Crippen LogP contribution >= 0.6 is 11.8 Å². The van der Waals surface area contributed by atoms with Gasteiger partial charge in [0.2, 0.25) is 5.91 Å². The molecule has 4 rings (SSSR count). The molecule has 0 saturated carbocycles. The number of benzene rings is 2. The summed E-state index contributed by atoms with van der Waals surface area (Å²) in [6.07, 6.45) is 1.93. The summed E-state index contributed by atoms with van der Waals surface area (Å²) in [5.74, 6) is 1.47. The number of aryl methyl sites for hydroxylation is 1. The molecule has 4 aromatic rings. The predicted molar refractivity (Wildman–Crippen MR) is 121 cm³/mol. The van der Waals surface area contributed by atoms with Crippen molar-refractivity contribution in [3.8, 4) is 28.4 Å². The summed E-state index contributed by atoms with van der Waals surface area (Å²) < 4.78 is 8.83. The molecule has 0 atom stereocenters. The number of hydrogen-bond acceptors (Lipinski definition) is 6. The molecule has 2 aromatic carbocycles. The van der Waals surface area contributed by atoms with E-state index in [0.29, 0.717) is 22.4 Å². The largest absolute Gasteiger partial charge is 0.497 e. The maximum Gasteiger partial charge on any atom is 0.234 e. The molecule has 0 bridgehead atoms. The number of aromatic nitrogens is 5. The number of carbonyl (C=O) groups is 1. The molecule has 0 aliphatic rings. The molecule has 9 heteroatoms. The number of thioether (sulfide) groups is 1. The highest BCUT2D eigenvalue weighted by Crippen LogP contribution is 2.31. The molecule has 0 aliphatic heterocycles. The Bertz CT molecular complexity index is 1200. The Morgan fingerprint density at radius 2 is 1.90 bits per heavy atom. The molecule has 31 heavy (non-hydrogen) atoms. The molecule has 0 unspecified atom stereocenters. The van der Waals surface area contributed by atoms with Crippen LogP contribution < -0.4 is 10.1 Å². The van der Waals surface area contributed by atoms with Crippen molar-refractivity contribution in [2.24, 2.45) is 14.1 Å². The number of nitrogens with zero attached hydrogens (tertiary/aromatic N) is 5. The van der Waals surface area contributed by atoms with Gasteiger partial charge in [-0.05, 0) is 12.1 Å². The average Bonchev–Trinajstić information content (AvgIpc) is 3.35. The molecule has 0 fully saturated rings. The maximum absolute atomic E-state index is 12.4. The fraction of sp³-hybridized carbons (Fsp3) is 0.182. The molecular weight excluding hydrogens is 412 g/mol. The molecule has 1 N–H and O–H groups in total. The van der Waals surface area contributed by atoms with Crippen LogP contribution in [0.3, 0.4) is 0 Å². The first-order chi connectivity index (χ1) is 15.0. The van der Waals surface area contributed by atoms with Gasteiger partial charge in [0.15, 0.2) is 11.0 Å². The van der Waals surface area contributed by atoms with Crippen molar-refractivity contribution in [2.75, 3.05) is 18.2 Å². The number of rotatable bonds is 7. The smallest absolute Gasteiger partial charge is 0.234 e. The lowest BCUT2D eigenvalue weighted by molar-refractivity contribution is -0.113. The Hall–Kier alpha value is -3.59. The normalized spacial score (nSPS) is 10.8. The Labute approximate surface area is 184 Å². The van der Waals surface area contributed by atoms with Gasteiger partial charge < -0.3 is 14.6 Å². The Morgan fingerprint density at radius 3 is 2.68 bits per heavy atom. The van der Waals surface area contributed by atoms with Crippen molar-refractivity contribution in [1.82, 2.24) is 24.5 Å². The standard InChI is InChI=1S/C22H22N6O2S/c1-27-13-18(20(26-27)15-8-5-4-6-9-15)21-24-25-22(28(21)2)31-14-19(29)23-16-10-7-11-17(12-16)30-3/h4-13H,14H2,1-3H3,(H,23,29). The van der Waals surface area contributed by atoms with Gasteiger partial charge in [-0.3, -0.25) is 9.48 Å². The van der Waals surface area contributed by atoms with Crippen LogP contribution in [0.2, 0.25) is 0 Å². The fourth-order valence-corrected chi connectivity index (χ4v) is 3.88. The van der Waals surface area contributed by atoms with Gasteiger partial charge in [0.05, 0.1) is 18.4 Å². The number of ether oxygens (including phenoxy) is 1. The van der Waals surface area contributed by atoms with Crippen LogP contribution in [0.5, 0.6) is 5.75 Å². The van der Waals surface area contributed by atoms with Crippen molar-refractivity contribution in [3.63, 3.8) is 0 Å². The highest BCUT2D eigenvalue weighted by molar-refractivity contribution is 7.99. The average molecular weight is 435 g/mol. The van der Waals surface area contributed by atoms with Gasteiger partial charge in [-0.25, -0.2) is 0 Å². The highest BCUT2D eigenvalue weighted by Gasteiger charge is 2.19. The highest BCUT2D eigenvalue weighted by atomic mass is 32.2. The van der Waals surface area contributed by atoms with E-state index in [0.717, 1.165) is 16.8 Å². The summed E-state index contributed by atoms with van der Waals surface area (Å²) in [4.78, 5) is 12.4. The Morgan fingerprint density at radius 1 is 1.10 bits per heavy atom. The van der Waals surface area contributed by atoms with E-state index in [-0.39, 0.29) is 11.7 Å². The number of amides is 1. The minimum atomic E-state index is -0.130. The second-order valence-corrected chi connectivity index (χ2v) is 7.81. The summed E-state index contributed by atoms with van der Waals surface area (Å²) in [7, 11) is 5.36. The third-order valence-electron chi connectivity index (χ3n) is 4.64. The van der Waals surface area contributed by atoms with E-state index in [2.05, 4.69) is 20.6 Å². The maximum atomic E-state index is 12.4. The zero-order valence-electron chi connectivity index (χ0n) is 17.4. The molecule has 8 nitrogen and oxygen atoms in total. The first-order valence-corrected chi connectivity index (χ1v) is 10.6. The molecule has 2 aromatic heterocycles. The van der Waals surface area contributed by atoms with Gasteiger partial charge in [-0.2, -0.15) is 5.10 Å². The van der Waals surface area contributed by atoms with Crippen LogP contribution in [0.25, 0.3) is 22.6 Å². The second kappa shape index (κ2) is 9.05. The van der Waals surface area contributed by atoms with Crippen LogP contribution in [0.15, 0.2) is 66.0 Å². The lowest BCUT2D eigenvalue weighted by Gasteiger charge is -2.07.